The minimum absolute atomic E-state index is 0.0910. The molecule has 0 aliphatic rings. The topological polar surface area (TPSA) is 49.7 Å². The minimum Gasteiger partial charge on any atom is -0.411 e. The zero-order valence-corrected chi connectivity index (χ0v) is 5.35. The lowest BCUT2D eigenvalue weighted by atomic mass is 10.3. The van der Waals surface area contributed by atoms with Gasteiger partial charge in [-0.1, -0.05) is 5.16 Å². The van der Waals surface area contributed by atoms with Crippen molar-refractivity contribution in [1.82, 2.24) is 0 Å². The summed E-state index contributed by atoms with van der Waals surface area (Å²) in [6, 6.07) is 0. The largest absolute Gasteiger partial charge is 0.411 e. The van der Waals surface area contributed by atoms with Crippen LogP contribution in [0.5, 0.6) is 0 Å². The number of ketones is 1. The molecule has 0 spiro atoms. The molecule has 46 valence electrons. The van der Waals surface area contributed by atoms with Gasteiger partial charge in [-0.2, -0.15) is 12.6 Å². The number of hydrogen-bond acceptors (Lipinski definition) is 4. The van der Waals surface area contributed by atoms with Crippen LogP contribution in [0.4, 0.5) is 0 Å². The van der Waals surface area contributed by atoms with Crippen molar-refractivity contribution >= 4 is 24.1 Å². The van der Waals surface area contributed by atoms with Crippen LogP contribution >= 0.6 is 12.6 Å². The van der Waals surface area contributed by atoms with E-state index >= 15 is 0 Å². The van der Waals surface area contributed by atoms with Crippen LogP contribution in [0.2, 0.25) is 0 Å². The molecule has 8 heavy (non-hydrogen) atoms. The maximum atomic E-state index is 10.3. The number of carbonyl (C=O) groups excluding carboxylic acids is 1. The van der Waals surface area contributed by atoms with E-state index in [1.54, 1.807) is 0 Å². The molecule has 0 rings (SSSR count). The highest BCUT2D eigenvalue weighted by atomic mass is 32.1. The molecule has 0 bridgehead atoms. The van der Waals surface area contributed by atoms with E-state index in [1.807, 2.05) is 0 Å². The third-order valence-corrected chi connectivity index (χ3v) is 0.976. The van der Waals surface area contributed by atoms with E-state index in [0.717, 1.165) is 0 Å². The molecule has 0 atom stereocenters. The number of hydrogen-bond donors (Lipinski definition) is 2. The van der Waals surface area contributed by atoms with Gasteiger partial charge in [0.2, 0.25) is 0 Å². The Kier molecular flexibility index (Phi) is 3.26. The van der Waals surface area contributed by atoms with Crippen LogP contribution in [0.15, 0.2) is 5.16 Å². The fourth-order valence-corrected chi connectivity index (χ4v) is 0.499. The fourth-order valence-electron chi connectivity index (χ4n) is 0.213. The van der Waals surface area contributed by atoms with Gasteiger partial charge in [-0.15, -0.1) is 0 Å². The van der Waals surface area contributed by atoms with Gasteiger partial charge in [0.05, 0.1) is 0 Å². The first-order chi connectivity index (χ1) is 3.72. The molecule has 1 N–H and O–H groups in total. The zero-order valence-electron chi connectivity index (χ0n) is 4.46. The molecule has 0 aliphatic heterocycles. The maximum Gasteiger partial charge on any atom is 0.178 e. The van der Waals surface area contributed by atoms with E-state index in [1.165, 1.54) is 6.92 Å². The monoisotopic (exact) mass is 133 g/mol. The van der Waals surface area contributed by atoms with Gasteiger partial charge in [0.15, 0.2) is 5.78 Å². The molecule has 0 radical (unpaired) electrons. The predicted octanol–water partition coefficient (Wildman–Crippen LogP) is 0.335. The molecule has 0 aromatic rings. The van der Waals surface area contributed by atoms with Crippen molar-refractivity contribution in [2.45, 2.75) is 6.92 Å². The highest BCUT2D eigenvalue weighted by Crippen LogP contribution is 1.82. The van der Waals surface area contributed by atoms with Gasteiger partial charge in [0.25, 0.3) is 0 Å². The minimum atomic E-state index is -0.248. The van der Waals surface area contributed by atoms with Gasteiger partial charge < -0.3 is 5.21 Å². The summed E-state index contributed by atoms with van der Waals surface area (Å²) in [7, 11) is 0. The van der Waals surface area contributed by atoms with Crippen molar-refractivity contribution in [3.05, 3.63) is 0 Å². The Hall–Kier alpha value is -0.510. The average molecular weight is 133 g/mol. The lowest BCUT2D eigenvalue weighted by Gasteiger charge is -1.88. The molecule has 0 unspecified atom stereocenters. The molecule has 3 nitrogen and oxygen atoms in total. The van der Waals surface area contributed by atoms with Crippen LogP contribution < -0.4 is 0 Å². The summed E-state index contributed by atoms with van der Waals surface area (Å²) < 4.78 is 0. The van der Waals surface area contributed by atoms with Gasteiger partial charge in [-0.3, -0.25) is 4.79 Å². The van der Waals surface area contributed by atoms with E-state index in [0.29, 0.717) is 0 Å². The fraction of sp³-hybridized carbons (Fsp3) is 0.500. The van der Waals surface area contributed by atoms with Crippen LogP contribution in [0, 0.1) is 0 Å². The second kappa shape index (κ2) is 3.49. The Morgan fingerprint density at radius 3 is 2.38 bits per heavy atom. The van der Waals surface area contributed by atoms with Crippen molar-refractivity contribution in [2.75, 3.05) is 5.75 Å². The van der Waals surface area contributed by atoms with Crippen LogP contribution in [0.25, 0.3) is 0 Å². The molecule has 0 saturated carbocycles. The Morgan fingerprint density at radius 2 is 2.38 bits per heavy atom. The summed E-state index contributed by atoms with van der Waals surface area (Å²) in [5.74, 6) is -0.0613. The molecule has 0 fully saturated rings. The lowest BCUT2D eigenvalue weighted by Crippen LogP contribution is -2.10. The number of rotatable bonds is 2. The Balaban J connectivity index is 3.92. The standard InChI is InChI=1S/C4H7NO2S/c1-3(6)4(2-8)5-7/h7-8H,2H2,1H3. The van der Waals surface area contributed by atoms with E-state index in [4.69, 9.17) is 5.21 Å². The molecule has 0 aromatic heterocycles. The summed E-state index contributed by atoms with van der Waals surface area (Å²) in [6.45, 7) is 1.32. The first-order valence-corrected chi connectivity index (χ1v) is 2.68. The number of carbonyl (C=O) groups is 1. The zero-order chi connectivity index (χ0) is 6.57. The van der Waals surface area contributed by atoms with Crippen molar-refractivity contribution in [2.24, 2.45) is 5.16 Å². The normalized spacial score (nSPS) is 11.5. The first-order valence-electron chi connectivity index (χ1n) is 2.05. The third kappa shape index (κ3) is 1.97. The molecule has 0 amide bonds. The highest BCUT2D eigenvalue weighted by molar-refractivity contribution is 7.81. The first kappa shape index (κ1) is 7.49. The number of oxime groups is 1. The maximum absolute atomic E-state index is 10.3. The van der Waals surface area contributed by atoms with E-state index in [2.05, 4.69) is 17.8 Å². The Morgan fingerprint density at radius 1 is 1.88 bits per heavy atom. The number of thiol groups is 1. The van der Waals surface area contributed by atoms with Gasteiger partial charge in [0, 0.05) is 12.7 Å². The summed E-state index contributed by atoms with van der Waals surface area (Å²) >= 11 is 3.72. The second-order valence-corrected chi connectivity index (χ2v) is 1.58. The van der Waals surface area contributed by atoms with E-state index < -0.39 is 0 Å². The predicted molar refractivity (Wildman–Crippen MR) is 33.8 cm³/mol. The van der Waals surface area contributed by atoms with Crippen molar-refractivity contribution in [3.63, 3.8) is 0 Å². The summed E-state index contributed by atoms with van der Waals surface area (Å²) in [4.78, 5) is 10.3. The molecule has 0 saturated heterocycles. The van der Waals surface area contributed by atoms with Crippen molar-refractivity contribution in [3.8, 4) is 0 Å². The lowest BCUT2D eigenvalue weighted by molar-refractivity contribution is -0.111. The smallest absolute Gasteiger partial charge is 0.178 e. The number of Topliss-reactive ketones (excluding diaryl/α,β-unsaturated/α-hetero) is 1. The van der Waals surface area contributed by atoms with Gasteiger partial charge in [-0.25, -0.2) is 0 Å². The van der Waals surface area contributed by atoms with Crippen molar-refractivity contribution < 1.29 is 10.0 Å². The third-order valence-electron chi connectivity index (χ3n) is 0.677. The van der Waals surface area contributed by atoms with Crippen LogP contribution in [0.1, 0.15) is 6.92 Å². The SMILES string of the molecule is CC(=O)C(CS)=NO. The van der Waals surface area contributed by atoms with Crippen LogP contribution in [0.3, 0.4) is 0 Å². The molecule has 4 heteroatoms. The molecular formula is C4H7NO2S. The molecular weight excluding hydrogens is 126 g/mol. The summed E-state index contributed by atoms with van der Waals surface area (Å²) in [5, 5.41) is 10.7. The van der Waals surface area contributed by atoms with Crippen molar-refractivity contribution in [1.29, 1.82) is 0 Å². The van der Waals surface area contributed by atoms with Crippen LogP contribution in [-0.2, 0) is 4.79 Å². The quantitative estimate of drug-likeness (QED) is 0.247. The summed E-state index contributed by atoms with van der Waals surface area (Å²) in [6.07, 6.45) is 0. The van der Waals surface area contributed by atoms with Gasteiger partial charge in [-0.05, 0) is 0 Å². The molecule has 0 aromatic carbocycles. The highest BCUT2D eigenvalue weighted by Gasteiger charge is 2.00. The van der Waals surface area contributed by atoms with Gasteiger partial charge >= 0.3 is 0 Å². The Bertz CT molecular complexity index is 121. The molecule has 0 aliphatic carbocycles. The Labute approximate surface area is 52.8 Å². The van der Waals surface area contributed by atoms with Crippen LogP contribution in [-0.4, -0.2) is 22.5 Å². The average Bonchev–Trinajstić information content (AvgIpc) is 1.69. The molecule has 0 heterocycles. The van der Waals surface area contributed by atoms with E-state index in [9.17, 15) is 4.79 Å². The van der Waals surface area contributed by atoms with E-state index in [-0.39, 0.29) is 17.2 Å². The van der Waals surface area contributed by atoms with Gasteiger partial charge in [0.1, 0.15) is 5.71 Å². The second-order valence-electron chi connectivity index (χ2n) is 1.26. The number of nitrogens with zero attached hydrogens (tertiary/aromatic N) is 1. The summed E-state index contributed by atoms with van der Waals surface area (Å²) in [5.41, 5.74) is 0.0910.